The van der Waals surface area contributed by atoms with Gasteiger partial charge in [-0.2, -0.15) is 0 Å². The van der Waals surface area contributed by atoms with Crippen molar-refractivity contribution in [2.75, 3.05) is 31.1 Å². The zero-order valence-electron chi connectivity index (χ0n) is 9.85. The predicted octanol–water partition coefficient (Wildman–Crippen LogP) is 1.80. The second-order valence-electron chi connectivity index (χ2n) is 4.81. The SMILES string of the molecule is Clc1cnc(N2CCN(C3CCC3)CC2)nc1. The molecule has 5 heteroatoms. The molecule has 0 radical (unpaired) electrons. The molecule has 1 saturated heterocycles. The van der Waals surface area contributed by atoms with E-state index in [1.54, 1.807) is 12.4 Å². The lowest BCUT2D eigenvalue weighted by Crippen LogP contribution is -2.52. The molecule has 0 spiro atoms. The molecule has 0 unspecified atom stereocenters. The van der Waals surface area contributed by atoms with E-state index in [-0.39, 0.29) is 0 Å². The van der Waals surface area contributed by atoms with Gasteiger partial charge in [0.1, 0.15) is 0 Å². The van der Waals surface area contributed by atoms with Crippen LogP contribution in [-0.4, -0.2) is 47.1 Å². The molecule has 0 N–H and O–H groups in total. The summed E-state index contributed by atoms with van der Waals surface area (Å²) in [6.45, 7) is 4.32. The van der Waals surface area contributed by atoms with Crippen LogP contribution < -0.4 is 4.90 Å². The summed E-state index contributed by atoms with van der Waals surface area (Å²) >= 11 is 5.79. The summed E-state index contributed by atoms with van der Waals surface area (Å²) in [5.74, 6) is 0.808. The van der Waals surface area contributed by atoms with E-state index < -0.39 is 0 Å². The zero-order valence-corrected chi connectivity index (χ0v) is 10.6. The van der Waals surface area contributed by atoms with Gasteiger partial charge in [-0.15, -0.1) is 0 Å². The van der Waals surface area contributed by atoms with Crippen molar-refractivity contribution in [3.05, 3.63) is 17.4 Å². The van der Waals surface area contributed by atoms with Gasteiger partial charge in [0.2, 0.25) is 5.95 Å². The average molecular weight is 253 g/mol. The molecule has 1 aliphatic heterocycles. The van der Waals surface area contributed by atoms with Gasteiger partial charge in [-0.1, -0.05) is 18.0 Å². The largest absolute Gasteiger partial charge is 0.338 e. The van der Waals surface area contributed by atoms with Gasteiger partial charge < -0.3 is 4.90 Å². The van der Waals surface area contributed by atoms with Gasteiger partial charge in [0.25, 0.3) is 0 Å². The van der Waals surface area contributed by atoms with Gasteiger partial charge in [0.15, 0.2) is 0 Å². The fourth-order valence-corrected chi connectivity index (χ4v) is 2.61. The van der Waals surface area contributed by atoms with E-state index in [1.165, 1.54) is 19.3 Å². The summed E-state index contributed by atoms with van der Waals surface area (Å²) in [6, 6.07) is 0.850. The standard InChI is InChI=1S/C12H17ClN4/c13-10-8-14-12(15-9-10)17-6-4-16(5-7-17)11-2-1-3-11/h8-9,11H,1-7H2. The molecule has 2 aliphatic rings. The molecule has 92 valence electrons. The monoisotopic (exact) mass is 252 g/mol. The van der Waals surface area contributed by atoms with Crippen LogP contribution in [-0.2, 0) is 0 Å². The maximum Gasteiger partial charge on any atom is 0.225 e. The summed E-state index contributed by atoms with van der Waals surface area (Å²) in [5.41, 5.74) is 0. The van der Waals surface area contributed by atoms with E-state index in [9.17, 15) is 0 Å². The third-order valence-electron chi connectivity index (χ3n) is 3.79. The summed E-state index contributed by atoms with van der Waals surface area (Å²) in [6.07, 6.45) is 7.52. The molecule has 3 rings (SSSR count). The summed E-state index contributed by atoms with van der Waals surface area (Å²) in [5, 5.41) is 0.599. The van der Waals surface area contributed by atoms with Crippen LogP contribution in [0.25, 0.3) is 0 Å². The van der Waals surface area contributed by atoms with E-state index in [0.717, 1.165) is 38.2 Å². The second kappa shape index (κ2) is 4.78. The molecule has 0 amide bonds. The van der Waals surface area contributed by atoms with Crippen molar-refractivity contribution >= 4 is 17.5 Å². The zero-order chi connectivity index (χ0) is 11.7. The molecule has 1 aromatic heterocycles. The van der Waals surface area contributed by atoms with Crippen LogP contribution in [0.4, 0.5) is 5.95 Å². The average Bonchev–Trinajstić information content (AvgIpc) is 2.29. The quantitative estimate of drug-likeness (QED) is 0.804. The lowest BCUT2D eigenvalue weighted by atomic mass is 9.91. The number of rotatable bonds is 2. The highest BCUT2D eigenvalue weighted by molar-refractivity contribution is 6.30. The Morgan fingerprint density at radius 1 is 1.06 bits per heavy atom. The molecule has 1 aliphatic carbocycles. The van der Waals surface area contributed by atoms with Gasteiger partial charge in [-0.3, -0.25) is 4.90 Å². The molecule has 0 bridgehead atoms. The van der Waals surface area contributed by atoms with Crippen molar-refractivity contribution in [3.63, 3.8) is 0 Å². The van der Waals surface area contributed by atoms with Crippen molar-refractivity contribution < 1.29 is 0 Å². The van der Waals surface area contributed by atoms with E-state index in [4.69, 9.17) is 11.6 Å². The molecule has 0 atom stereocenters. The summed E-state index contributed by atoms with van der Waals surface area (Å²) < 4.78 is 0. The van der Waals surface area contributed by atoms with E-state index >= 15 is 0 Å². The molecule has 2 heterocycles. The van der Waals surface area contributed by atoms with Crippen LogP contribution >= 0.6 is 11.6 Å². The van der Waals surface area contributed by atoms with Crippen molar-refractivity contribution in [2.45, 2.75) is 25.3 Å². The van der Waals surface area contributed by atoms with E-state index in [1.807, 2.05) is 0 Å². The Morgan fingerprint density at radius 2 is 1.71 bits per heavy atom. The Kier molecular flexibility index (Phi) is 3.16. The van der Waals surface area contributed by atoms with Crippen molar-refractivity contribution in [3.8, 4) is 0 Å². The highest BCUT2D eigenvalue weighted by atomic mass is 35.5. The second-order valence-corrected chi connectivity index (χ2v) is 5.25. The van der Waals surface area contributed by atoms with E-state index in [2.05, 4.69) is 19.8 Å². The predicted molar refractivity (Wildman–Crippen MR) is 68.5 cm³/mol. The molecule has 2 fully saturated rings. The molecule has 1 saturated carbocycles. The molecule has 4 nitrogen and oxygen atoms in total. The first-order valence-corrected chi connectivity index (χ1v) is 6.67. The maximum absolute atomic E-state index is 5.79. The topological polar surface area (TPSA) is 32.3 Å². The van der Waals surface area contributed by atoms with Crippen LogP contribution in [0.2, 0.25) is 5.02 Å². The van der Waals surface area contributed by atoms with Crippen LogP contribution in [0.15, 0.2) is 12.4 Å². The van der Waals surface area contributed by atoms with Crippen molar-refractivity contribution in [1.82, 2.24) is 14.9 Å². The van der Waals surface area contributed by atoms with Gasteiger partial charge in [0.05, 0.1) is 17.4 Å². The Balaban J connectivity index is 1.58. The fourth-order valence-electron chi connectivity index (χ4n) is 2.51. The Bertz CT molecular complexity index is 369. The maximum atomic E-state index is 5.79. The number of aromatic nitrogens is 2. The third-order valence-corrected chi connectivity index (χ3v) is 3.99. The Hall–Kier alpha value is -0.870. The normalized spacial score (nSPS) is 22.5. The van der Waals surface area contributed by atoms with Crippen LogP contribution in [0, 0.1) is 0 Å². The van der Waals surface area contributed by atoms with Gasteiger partial charge >= 0.3 is 0 Å². The van der Waals surface area contributed by atoms with Crippen molar-refractivity contribution in [1.29, 1.82) is 0 Å². The number of nitrogens with zero attached hydrogens (tertiary/aromatic N) is 4. The molecular formula is C12H17ClN4. The first-order chi connectivity index (χ1) is 8.33. The lowest BCUT2D eigenvalue weighted by molar-refractivity contribution is 0.120. The molecule has 17 heavy (non-hydrogen) atoms. The number of anilines is 1. The minimum absolute atomic E-state index is 0.599. The smallest absolute Gasteiger partial charge is 0.225 e. The number of halogens is 1. The van der Waals surface area contributed by atoms with Gasteiger partial charge in [0, 0.05) is 32.2 Å². The number of hydrogen-bond donors (Lipinski definition) is 0. The lowest BCUT2D eigenvalue weighted by Gasteiger charge is -2.42. The van der Waals surface area contributed by atoms with Crippen LogP contribution in [0.1, 0.15) is 19.3 Å². The van der Waals surface area contributed by atoms with Crippen molar-refractivity contribution in [2.24, 2.45) is 0 Å². The van der Waals surface area contributed by atoms with Crippen LogP contribution in [0.5, 0.6) is 0 Å². The van der Waals surface area contributed by atoms with Crippen LogP contribution in [0.3, 0.4) is 0 Å². The summed E-state index contributed by atoms with van der Waals surface area (Å²) in [4.78, 5) is 13.4. The molecule has 1 aromatic rings. The minimum atomic E-state index is 0.599. The molecule has 0 aromatic carbocycles. The third kappa shape index (κ3) is 2.38. The minimum Gasteiger partial charge on any atom is -0.338 e. The van der Waals surface area contributed by atoms with Gasteiger partial charge in [-0.25, -0.2) is 9.97 Å². The Labute approximate surface area is 107 Å². The summed E-state index contributed by atoms with van der Waals surface area (Å²) in [7, 11) is 0. The van der Waals surface area contributed by atoms with Gasteiger partial charge in [-0.05, 0) is 12.8 Å². The number of piperazine rings is 1. The highest BCUT2D eigenvalue weighted by Crippen LogP contribution is 2.26. The first-order valence-electron chi connectivity index (χ1n) is 6.29. The fraction of sp³-hybridized carbons (Fsp3) is 0.667. The highest BCUT2D eigenvalue weighted by Gasteiger charge is 2.28. The molecular weight excluding hydrogens is 236 g/mol. The number of hydrogen-bond acceptors (Lipinski definition) is 4. The Morgan fingerprint density at radius 3 is 2.24 bits per heavy atom. The first kappa shape index (κ1) is 11.2. The van der Waals surface area contributed by atoms with E-state index in [0.29, 0.717) is 5.02 Å².